The van der Waals surface area contributed by atoms with Crippen molar-refractivity contribution < 1.29 is 4.42 Å². The molecule has 4 heteroatoms. The van der Waals surface area contributed by atoms with Crippen molar-refractivity contribution in [2.24, 2.45) is 0 Å². The van der Waals surface area contributed by atoms with Crippen LogP contribution in [0.25, 0.3) is 0 Å². The van der Waals surface area contributed by atoms with Crippen LogP contribution in [0.2, 0.25) is 0 Å². The van der Waals surface area contributed by atoms with Crippen LogP contribution in [-0.2, 0) is 6.42 Å². The monoisotopic (exact) mass is 265 g/mol. The van der Waals surface area contributed by atoms with E-state index in [1.807, 2.05) is 0 Å². The molecular weight excluding hydrogens is 238 g/mol. The van der Waals surface area contributed by atoms with Gasteiger partial charge in [-0.05, 0) is 32.4 Å². The predicted molar refractivity (Wildman–Crippen MR) is 76.2 cm³/mol. The first kappa shape index (κ1) is 14.5. The van der Waals surface area contributed by atoms with Crippen LogP contribution in [0.5, 0.6) is 0 Å². The normalized spacial score (nSPS) is 18.2. The van der Waals surface area contributed by atoms with Crippen LogP contribution < -0.4 is 5.32 Å². The van der Waals surface area contributed by atoms with Crippen LogP contribution in [0.4, 0.5) is 0 Å². The highest BCUT2D eigenvalue weighted by atomic mass is 16.4. The second-order valence-corrected chi connectivity index (χ2v) is 5.53. The Morgan fingerprint density at radius 3 is 2.58 bits per heavy atom. The van der Waals surface area contributed by atoms with Crippen LogP contribution in [0.3, 0.4) is 0 Å². The summed E-state index contributed by atoms with van der Waals surface area (Å²) in [5.74, 6) is 2.21. The highest BCUT2D eigenvalue weighted by Crippen LogP contribution is 2.30. The summed E-state index contributed by atoms with van der Waals surface area (Å²) >= 11 is 0. The molecule has 0 aromatic carbocycles. The van der Waals surface area contributed by atoms with Gasteiger partial charge in [0.2, 0.25) is 11.8 Å². The quantitative estimate of drug-likeness (QED) is 0.800. The molecule has 1 aliphatic carbocycles. The molecule has 0 radical (unpaired) electrons. The van der Waals surface area contributed by atoms with Gasteiger partial charge in [0.15, 0.2) is 0 Å². The van der Waals surface area contributed by atoms with Gasteiger partial charge >= 0.3 is 0 Å². The van der Waals surface area contributed by atoms with Gasteiger partial charge in [0, 0.05) is 12.3 Å². The van der Waals surface area contributed by atoms with Gasteiger partial charge in [0.1, 0.15) is 0 Å². The fourth-order valence-corrected chi connectivity index (χ4v) is 2.78. The van der Waals surface area contributed by atoms with Gasteiger partial charge in [-0.1, -0.05) is 39.0 Å². The van der Waals surface area contributed by atoms with Gasteiger partial charge in [-0.25, -0.2) is 0 Å². The van der Waals surface area contributed by atoms with Gasteiger partial charge in [-0.3, -0.25) is 0 Å². The summed E-state index contributed by atoms with van der Waals surface area (Å²) in [6.07, 6.45) is 11.1. The Labute approximate surface area is 116 Å². The molecule has 108 valence electrons. The number of nitrogens with zero attached hydrogens (tertiary/aromatic N) is 2. The lowest BCUT2D eigenvalue weighted by atomic mass is 9.91. The van der Waals surface area contributed by atoms with E-state index in [1.54, 1.807) is 0 Å². The first-order valence-corrected chi connectivity index (χ1v) is 7.93. The molecule has 0 amide bonds. The second-order valence-electron chi connectivity index (χ2n) is 5.53. The zero-order valence-electron chi connectivity index (χ0n) is 12.2. The Balaban J connectivity index is 1.81. The molecule has 1 N–H and O–H groups in total. The number of aryl methyl sites for hydroxylation is 1. The molecule has 1 aromatic rings. The van der Waals surface area contributed by atoms with Crippen LogP contribution in [0.1, 0.15) is 76.0 Å². The summed E-state index contributed by atoms with van der Waals surface area (Å²) in [4.78, 5) is 0. The Bertz CT molecular complexity index is 343. The maximum Gasteiger partial charge on any atom is 0.219 e. The van der Waals surface area contributed by atoms with E-state index in [-0.39, 0.29) is 0 Å². The molecule has 0 atom stereocenters. The minimum absolute atomic E-state index is 0.510. The maximum absolute atomic E-state index is 5.85. The highest BCUT2D eigenvalue weighted by molar-refractivity contribution is 4.92. The fourth-order valence-electron chi connectivity index (χ4n) is 2.78. The molecule has 1 saturated carbocycles. The van der Waals surface area contributed by atoms with Crippen molar-refractivity contribution in [1.29, 1.82) is 0 Å². The number of rotatable bonds is 6. The molecule has 1 fully saturated rings. The largest absolute Gasteiger partial charge is 0.425 e. The lowest BCUT2D eigenvalue weighted by Gasteiger charge is -2.15. The Morgan fingerprint density at radius 1 is 1.11 bits per heavy atom. The Morgan fingerprint density at radius 2 is 1.84 bits per heavy atom. The zero-order valence-corrected chi connectivity index (χ0v) is 12.2. The van der Waals surface area contributed by atoms with Crippen molar-refractivity contribution in [1.82, 2.24) is 15.5 Å². The third kappa shape index (κ3) is 4.94. The van der Waals surface area contributed by atoms with E-state index < -0.39 is 0 Å². The molecule has 19 heavy (non-hydrogen) atoms. The van der Waals surface area contributed by atoms with Crippen molar-refractivity contribution >= 4 is 0 Å². The summed E-state index contributed by atoms with van der Waals surface area (Å²) in [6.45, 7) is 4.17. The minimum Gasteiger partial charge on any atom is -0.425 e. The molecule has 1 heterocycles. The molecule has 1 aliphatic rings. The van der Waals surface area contributed by atoms with Crippen molar-refractivity contribution in [3.05, 3.63) is 11.8 Å². The summed E-state index contributed by atoms with van der Waals surface area (Å²) in [5.41, 5.74) is 0. The van der Waals surface area contributed by atoms with Gasteiger partial charge in [-0.15, -0.1) is 10.2 Å². The van der Waals surface area contributed by atoms with Crippen LogP contribution in [0.15, 0.2) is 4.42 Å². The lowest BCUT2D eigenvalue weighted by Crippen LogP contribution is -2.14. The lowest BCUT2D eigenvalue weighted by molar-refractivity contribution is 0.361. The van der Waals surface area contributed by atoms with Crippen molar-refractivity contribution in [3.8, 4) is 0 Å². The van der Waals surface area contributed by atoms with Gasteiger partial charge in [-0.2, -0.15) is 0 Å². The zero-order chi connectivity index (χ0) is 13.3. The van der Waals surface area contributed by atoms with Crippen molar-refractivity contribution in [2.75, 3.05) is 13.1 Å². The molecule has 0 saturated heterocycles. The third-order valence-electron chi connectivity index (χ3n) is 3.93. The van der Waals surface area contributed by atoms with Crippen molar-refractivity contribution in [2.45, 2.75) is 70.6 Å². The number of aromatic nitrogens is 2. The summed E-state index contributed by atoms with van der Waals surface area (Å²) in [6, 6.07) is 0. The molecule has 4 nitrogen and oxygen atoms in total. The molecule has 0 aliphatic heterocycles. The van der Waals surface area contributed by atoms with Crippen LogP contribution >= 0.6 is 0 Å². The topological polar surface area (TPSA) is 51.0 Å². The maximum atomic E-state index is 5.85. The molecule has 0 bridgehead atoms. The third-order valence-corrected chi connectivity index (χ3v) is 3.93. The SMILES string of the molecule is CCNCCCc1nnc(C2CCCCCCC2)o1. The Kier molecular flexibility index (Phi) is 6.34. The van der Waals surface area contributed by atoms with E-state index in [4.69, 9.17) is 4.42 Å². The van der Waals surface area contributed by atoms with Gasteiger partial charge in [0.25, 0.3) is 0 Å². The molecule has 2 rings (SSSR count). The smallest absolute Gasteiger partial charge is 0.219 e. The number of hydrogen-bond acceptors (Lipinski definition) is 4. The summed E-state index contributed by atoms with van der Waals surface area (Å²) in [7, 11) is 0. The summed E-state index contributed by atoms with van der Waals surface area (Å²) in [5, 5.41) is 11.8. The Hall–Kier alpha value is -0.900. The van der Waals surface area contributed by atoms with Gasteiger partial charge < -0.3 is 9.73 Å². The first-order valence-electron chi connectivity index (χ1n) is 7.93. The number of hydrogen-bond donors (Lipinski definition) is 1. The van der Waals surface area contributed by atoms with Crippen LogP contribution in [-0.4, -0.2) is 23.3 Å². The second kappa shape index (κ2) is 8.31. The van der Waals surface area contributed by atoms with Crippen LogP contribution in [0, 0.1) is 0 Å². The van der Waals surface area contributed by atoms with E-state index in [9.17, 15) is 0 Å². The van der Waals surface area contributed by atoms with E-state index >= 15 is 0 Å². The standard InChI is InChI=1S/C15H27N3O/c1-2-16-12-8-11-14-17-18-15(19-14)13-9-6-4-3-5-7-10-13/h13,16H,2-12H2,1H3. The highest BCUT2D eigenvalue weighted by Gasteiger charge is 2.19. The van der Waals surface area contributed by atoms with Gasteiger partial charge in [0.05, 0.1) is 0 Å². The summed E-state index contributed by atoms with van der Waals surface area (Å²) < 4.78 is 5.85. The van der Waals surface area contributed by atoms with E-state index in [2.05, 4.69) is 22.4 Å². The first-order chi connectivity index (χ1) is 9.40. The average molecular weight is 265 g/mol. The van der Waals surface area contributed by atoms with E-state index in [1.165, 1.54) is 44.9 Å². The number of nitrogens with one attached hydrogen (secondary N) is 1. The average Bonchev–Trinajstić information content (AvgIpc) is 2.83. The fraction of sp³-hybridized carbons (Fsp3) is 0.867. The van der Waals surface area contributed by atoms with E-state index in [0.29, 0.717) is 5.92 Å². The molecule has 1 aromatic heterocycles. The minimum atomic E-state index is 0.510. The molecule has 0 spiro atoms. The predicted octanol–water partition coefficient (Wildman–Crippen LogP) is 3.44. The molecular formula is C15H27N3O. The van der Waals surface area contributed by atoms with Crippen molar-refractivity contribution in [3.63, 3.8) is 0 Å². The molecule has 0 unspecified atom stereocenters. The van der Waals surface area contributed by atoms with E-state index in [0.717, 1.165) is 37.7 Å².